The number of carbonyl (C=O) groups is 1. The molecule has 0 bridgehead atoms. The molecule has 4 aromatic heterocycles. The smallest absolute Gasteiger partial charge is 0.228 e. The van der Waals surface area contributed by atoms with E-state index in [0.717, 1.165) is 34.1 Å². The molecule has 0 radical (unpaired) electrons. The van der Waals surface area contributed by atoms with E-state index in [-0.39, 0.29) is 18.1 Å². The van der Waals surface area contributed by atoms with Crippen LogP contribution in [-0.2, 0) is 11.2 Å². The Morgan fingerprint density at radius 2 is 1.68 bits per heavy atom. The number of H-pyrrole nitrogens is 2. The fraction of sp³-hybridized carbons (Fsp3) is 0.139. The fourth-order valence-electron chi connectivity index (χ4n) is 5.55. The Kier molecular flexibility index (Phi) is 8.11. The van der Waals surface area contributed by atoms with Crippen LogP contribution in [0.25, 0.3) is 55.7 Å². The third-order valence-corrected chi connectivity index (χ3v) is 7.84. The predicted octanol–water partition coefficient (Wildman–Crippen LogP) is 6.52. The second-order valence-electron chi connectivity index (χ2n) is 11.6. The second kappa shape index (κ2) is 12.8. The summed E-state index contributed by atoms with van der Waals surface area (Å²) in [6.45, 7) is 1.50. The number of amides is 1. The van der Waals surface area contributed by atoms with Gasteiger partial charge in [0.05, 0.1) is 41.1 Å². The molecule has 4 N–H and O–H groups in total. The van der Waals surface area contributed by atoms with Gasteiger partial charge in [0.25, 0.3) is 0 Å². The summed E-state index contributed by atoms with van der Waals surface area (Å²) in [5.41, 5.74) is 8.20. The number of nitrogens with zero attached hydrogens (tertiary/aromatic N) is 5. The number of aromatic amines is 2. The molecule has 11 heteroatoms. The van der Waals surface area contributed by atoms with Crippen LogP contribution in [0.4, 0.5) is 15.8 Å². The first-order chi connectivity index (χ1) is 22.9. The maximum Gasteiger partial charge on any atom is 0.228 e. The lowest BCUT2D eigenvalue weighted by molar-refractivity contribution is -0.115. The number of likely N-dealkylation sites (N-methyl/N-ethyl adjacent to an activating group) is 1. The number of nitrogens with one attached hydrogen (secondary N) is 4. The Bertz CT molecular complexity index is 2210. The SMILES string of the molecule is CN(C)CCNc1cc(F)cc(-c2cncc3[nH]c(-c4n[nH]c5ccc(-c6cncc(NC(=O)Cc7ccccc7)c6)cc45)nc23)c1. The number of carbonyl (C=O) groups excluding carboxylic acids is 1. The number of halogens is 1. The van der Waals surface area contributed by atoms with E-state index in [9.17, 15) is 9.18 Å². The minimum absolute atomic E-state index is 0.114. The molecule has 0 saturated heterocycles. The van der Waals surface area contributed by atoms with Crippen molar-refractivity contribution >= 4 is 39.2 Å². The summed E-state index contributed by atoms with van der Waals surface area (Å²) < 4.78 is 14.7. The van der Waals surface area contributed by atoms with Crippen molar-refractivity contribution in [2.75, 3.05) is 37.8 Å². The van der Waals surface area contributed by atoms with E-state index < -0.39 is 0 Å². The van der Waals surface area contributed by atoms with Gasteiger partial charge in [0.2, 0.25) is 5.91 Å². The maximum atomic E-state index is 14.7. The van der Waals surface area contributed by atoms with E-state index in [1.54, 1.807) is 24.8 Å². The molecule has 0 unspecified atom stereocenters. The first-order valence-corrected chi connectivity index (χ1v) is 15.2. The van der Waals surface area contributed by atoms with Crippen molar-refractivity contribution in [2.45, 2.75) is 6.42 Å². The zero-order valence-corrected chi connectivity index (χ0v) is 25.9. The van der Waals surface area contributed by atoms with Gasteiger partial charge < -0.3 is 20.5 Å². The standard InChI is InChI=1S/C36H32FN9O/c1-46(2)11-10-40-27-14-24(13-26(37)17-27)30-20-39-21-32-34(30)43-36(42-32)35-29-16-23(8-9-31(29)44-45-35)25-15-28(19-38-18-25)41-33(47)12-22-6-4-3-5-7-22/h3-9,13-21,40H,10-12H2,1-2H3,(H,41,47)(H,42,43)(H,44,45). The lowest BCUT2D eigenvalue weighted by atomic mass is 10.0. The Hall–Kier alpha value is -5.94. The molecule has 3 aromatic carbocycles. The van der Waals surface area contributed by atoms with Gasteiger partial charge in [-0.05, 0) is 67.2 Å². The minimum atomic E-state index is -0.345. The number of anilines is 2. The zero-order valence-electron chi connectivity index (χ0n) is 25.9. The normalized spacial score (nSPS) is 11.4. The van der Waals surface area contributed by atoms with Crippen LogP contribution in [0.2, 0.25) is 0 Å². The van der Waals surface area contributed by atoms with Gasteiger partial charge in [0.1, 0.15) is 11.5 Å². The van der Waals surface area contributed by atoms with Gasteiger partial charge >= 0.3 is 0 Å². The molecular weight excluding hydrogens is 593 g/mol. The Morgan fingerprint density at radius 1 is 0.851 bits per heavy atom. The van der Waals surface area contributed by atoms with Crippen LogP contribution in [0.5, 0.6) is 0 Å². The Morgan fingerprint density at radius 3 is 2.53 bits per heavy atom. The third kappa shape index (κ3) is 6.56. The van der Waals surface area contributed by atoms with E-state index in [1.807, 2.05) is 74.8 Å². The molecule has 10 nitrogen and oxygen atoms in total. The summed E-state index contributed by atoms with van der Waals surface area (Å²) in [6.07, 6.45) is 7.07. The molecule has 0 aliphatic rings. The quantitative estimate of drug-likeness (QED) is 0.136. The molecule has 0 aliphatic heterocycles. The molecule has 0 aliphatic carbocycles. The van der Waals surface area contributed by atoms with E-state index in [1.165, 1.54) is 12.1 Å². The summed E-state index contributed by atoms with van der Waals surface area (Å²) in [5.74, 6) is 0.0951. The van der Waals surface area contributed by atoms with Crippen molar-refractivity contribution < 1.29 is 9.18 Å². The largest absolute Gasteiger partial charge is 0.384 e. The van der Waals surface area contributed by atoms with Crippen molar-refractivity contribution in [3.8, 4) is 33.8 Å². The first-order valence-electron chi connectivity index (χ1n) is 15.2. The lowest BCUT2D eigenvalue weighted by Crippen LogP contribution is -2.20. The molecule has 7 aromatic rings. The number of hydrogen-bond donors (Lipinski definition) is 4. The zero-order chi connectivity index (χ0) is 32.3. The molecule has 1 amide bonds. The number of fused-ring (bicyclic) bond motifs is 2. The molecular formula is C36H32FN9O. The average Bonchev–Trinajstić information content (AvgIpc) is 3.69. The highest BCUT2D eigenvalue weighted by Gasteiger charge is 2.17. The van der Waals surface area contributed by atoms with E-state index in [4.69, 9.17) is 4.98 Å². The Labute approximate surface area is 270 Å². The average molecular weight is 626 g/mol. The van der Waals surface area contributed by atoms with E-state index in [2.05, 4.69) is 40.7 Å². The van der Waals surface area contributed by atoms with Crippen LogP contribution in [0.1, 0.15) is 5.56 Å². The van der Waals surface area contributed by atoms with Crippen molar-refractivity contribution in [1.29, 1.82) is 0 Å². The van der Waals surface area contributed by atoms with Gasteiger partial charge in [-0.2, -0.15) is 5.10 Å². The highest BCUT2D eigenvalue weighted by atomic mass is 19.1. The van der Waals surface area contributed by atoms with Crippen LogP contribution in [0.15, 0.2) is 97.6 Å². The van der Waals surface area contributed by atoms with Crippen molar-refractivity contribution in [3.05, 3.63) is 109 Å². The van der Waals surface area contributed by atoms with E-state index in [0.29, 0.717) is 51.6 Å². The van der Waals surface area contributed by atoms with Crippen LogP contribution in [0.3, 0.4) is 0 Å². The maximum absolute atomic E-state index is 14.7. The topological polar surface area (TPSA) is 128 Å². The highest BCUT2D eigenvalue weighted by Crippen LogP contribution is 2.34. The molecule has 47 heavy (non-hydrogen) atoms. The first kappa shape index (κ1) is 29.8. The second-order valence-corrected chi connectivity index (χ2v) is 11.6. The third-order valence-electron chi connectivity index (χ3n) is 7.84. The van der Waals surface area contributed by atoms with Gasteiger partial charge in [-0.1, -0.05) is 36.4 Å². The monoisotopic (exact) mass is 625 g/mol. The molecule has 0 spiro atoms. The van der Waals surface area contributed by atoms with Crippen LogP contribution in [0, 0.1) is 5.82 Å². The van der Waals surface area contributed by atoms with Crippen molar-refractivity contribution in [1.82, 2.24) is 35.0 Å². The van der Waals surface area contributed by atoms with Crippen molar-refractivity contribution in [2.24, 2.45) is 0 Å². The van der Waals surface area contributed by atoms with Crippen LogP contribution in [-0.4, -0.2) is 68.1 Å². The highest BCUT2D eigenvalue weighted by molar-refractivity contribution is 5.98. The number of pyridine rings is 2. The summed E-state index contributed by atoms with van der Waals surface area (Å²) >= 11 is 0. The van der Waals surface area contributed by atoms with Crippen LogP contribution < -0.4 is 10.6 Å². The summed E-state index contributed by atoms with van der Waals surface area (Å²) in [5, 5.41) is 14.8. The molecule has 234 valence electrons. The fourth-order valence-corrected chi connectivity index (χ4v) is 5.55. The number of rotatable bonds is 10. The van der Waals surface area contributed by atoms with Gasteiger partial charge in [0.15, 0.2) is 5.82 Å². The number of hydrogen-bond acceptors (Lipinski definition) is 7. The lowest BCUT2D eigenvalue weighted by Gasteiger charge is -2.12. The van der Waals surface area contributed by atoms with Crippen molar-refractivity contribution in [3.63, 3.8) is 0 Å². The molecule has 7 rings (SSSR count). The number of aromatic nitrogens is 6. The van der Waals surface area contributed by atoms with Gasteiger partial charge in [-0.15, -0.1) is 0 Å². The van der Waals surface area contributed by atoms with Gasteiger partial charge in [0, 0.05) is 47.7 Å². The number of imidazole rings is 1. The number of benzene rings is 3. The minimum Gasteiger partial charge on any atom is -0.384 e. The Balaban J connectivity index is 1.18. The molecule has 0 saturated carbocycles. The van der Waals surface area contributed by atoms with Crippen LogP contribution >= 0.6 is 0 Å². The van der Waals surface area contributed by atoms with Gasteiger partial charge in [-0.25, -0.2) is 9.37 Å². The summed E-state index contributed by atoms with van der Waals surface area (Å²) in [6, 6.07) is 22.3. The summed E-state index contributed by atoms with van der Waals surface area (Å²) in [4.78, 5) is 31.8. The molecule has 4 heterocycles. The summed E-state index contributed by atoms with van der Waals surface area (Å²) in [7, 11) is 3.99. The predicted molar refractivity (Wildman–Crippen MR) is 183 cm³/mol. The van der Waals surface area contributed by atoms with E-state index >= 15 is 0 Å². The van der Waals surface area contributed by atoms with Gasteiger partial charge in [-0.3, -0.25) is 19.9 Å². The molecule has 0 fully saturated rings. The molecule has 0 atom stereocenters.